The number of hydrogen-bond acceptors (Lipinski definition) is 6. The Morgan fingerprint density at radius 3 is 2.26 bits per heavy atom. The maximum absolute atomic E-state index is 11.8. The molecule has 1 aromatic carbocycles. The zero-order chi connectivity index (χ0) is 14.2. The predicted octanol–water partition coefficient (Wildman–Crippen LogP) is 0.369. The van der Waals surface area contributed by atoms with Gasteiger partial charge in [0.1, 0.15) is 0 Å². The molecule has 1 aromatic rings. The fourth-order valence-electron chi connectivity index (χ4n) is 1.57. The van der Waals surface area contributed by atoms with Crippen LogP contribution in [0.4, 0.5) is 11.4 Å². The van der Waals surface area contributed by atoms with E-state index in [2.05, 4.69) is 5.10 Å². The van der Waals surface area contributed by atoms with E-state index < -0.39 is 26.0 Å². The molecule has 0 atom stereocenters. The average molecular weight is 281 g/mol. The number of non-ortho nitro benzene ring substituents is 1. The van der Waals surface area contributed by atoms with Crippen LogP contribution in [-0.4, -0.2) is 29.8 Å². The zero-order valence-electron chi connectivity index (χ0n) is 9.60. The Morgan fingerprint density at radius 1 is 1.26 bits per heavy atom. The van der Waals surface area contributed by atoms with Gasteiger partial charge in [-0.2, -0.15) is 18.5 Å². The highest BCUT2D eigenvalue weighted by molar-refractivity contribution is 7.77. The molecule has 0 radical (unpaired) electrons. The molecule has 1 heterocycles. The summed E-state index contributed by atoms with van der Waals surface area (Å²) in [4.78, 5) is 21.3. The Bertz CT molecular complexity index is 725. The molecule has 0 saturated carbocycles. The van der Waals surface area contributed by atoms with Crippen LogP contribution in [0.25, 0.3) is 0 Å². The Morgan fingerprint density at radius 2 is 1.84 bits per heavy atom. The second-order valence-electron chi connectivity index (χ2n) is 3.64. The first-order chi connectivity index (χ1) is 8.91. The number of hydrazone groups is 1. The molecule has 0 aliphatic carbocycles. The first kappa shape index (κ1) is 12.9. The molecule has 1 aliphatic rings. The lowest BCUT2D eigenvalue weighted by Crippen LogP contribution is -2.27. The quantitative estimate of drug-likeness (QED) is 0.442. The lowest BCUT2D eigenvalue weighted by atomic mass is 10.2. The van der Waals surface area contributed by atoms with Gasteiger partial charge >= 0.3 is 0 Å². The Balaban J connectivity index is 2.43. The number of nitrogens with zero attached hydrogens (tertiary/aromatic N) is 3. The number of rotatable bonds is 2. The minimum Gasteiger partial charge on any atom is -0.265 e. The first-order valence-electron chi connectivity index (χ1n) is 5.02. The molecule has 8 nitrogen and oxygen atoms in total. The second kappa shape index (κ2) is 4.61. The smallest absolute Gasteiger partial charge is 0.265 e. The lowest BCUT2D eigenvalue weighted by molar-refractivity contribution is -0.384. The predicted molar refractivity (Wildman–Crippen MR) is 67.6 cm³/mol. The van der Waals surface area contributed by atoms with Gasteiger partial charge in [0.05, 0.1) is 16.3 Å². The van der Waals surface area contributed by atoms with Crippen molar-refractivity contribution in [2.75, 3.05) is 5.01 Å². The van der Waals surface area contributed by atoms with Crippen molar-refractivity contribution in [1.82, 2.24) is 0 Å². The summed E-state index contributed by atoms with van der Waals surface area (Å²) in [5.74, 6) is -0.778. The van der Waals surface area contributed by atoms with Gasteiger partial charge in [-0.05, 0) is 19.1 Å². The summed E-state index contributed by atoms with van der Waals surface area (Å²) in [7, 11) is -2.67. The van der Waals surface area contributed by atoms with Crippen molar-refractivity contribution >= 4 is 38.2 Å². The van der Waals surface area contributed by atoms with Crippen molar-refractivity contribution in [3.8, 4) is 0 Å². The highest BCUT2D eigenvalue weighted by atomic mass is 32.2. The van der Waals surface area contributed by atoms with Crippen LogP contribution in [0.15, 0.2) is 29.4 Å². The third kappa shape index (κ3) is 2.22. The van der Waals surface area contributed by atoms with E-state index in [9.17, 15) is 23.3 Å². The van der Waals surface area contributed by atoms with Crippen molar-refractivity contribution < 1.29 is 18.1 Å². The third-order valence-electron chi connectivity index (χ3n) is 2.44. The molecule has 19 heavy (non-hydrogen) atoms. The van der Waals surface area contributed by atoms with E-state index >= 15 is 0 Å². The molecule has 1 aliphatic heterocycles. The molecular weight excluding hydrogens is 274 g/mol. The molecule has 0 unspecified atom stereocenters. The fourth-order valence-corrected chi connectivity index (χ4v) is 2.09. The van der Waals surface area contributed by atoms with Gasteiger partial charge < -0.3 is 0 Å². The van der Waals surface area contributed by atoms with Crippen molar-refractivity contribution in [3.05, 3.63) is 34.4 Å². The second-order valence-corrected chi connectivity index (χ2v) is 4.52. The summed E-state index contributed by atoms with van der Waals surface area (Å²) >= 11 is 0. The minimum absolute atomic E-state index is 0.0803. The van der Waals surface area contributed by atoms with Crippen molar-refractivity contribution in [3.63, 3.8) is 0 Å². The van der Waals surface area contributed by atoms with E-state index in [1.54, 1.807) is 0 Å². The van der Waals surface area contributed by atoms with Crippen LogP contribution in [0.2, 0.25) is 0 Å². The molecule has 0 spiro atoms. The van der Waals surface area contributed by atoms with E-state index in [1.165, 1.54) is 31.2 Å². The number of anilines is 1. The summed E-state index contributed by atoms with van der Waals surface area (Å²) in [5.41, 5.74) is 0.208. The number of nitro groups is 1. The maximum atomic E-state index is 11.8. The van der Waals surface area contributed by atoms with Crippen molar-refractivity contribution in [1.29, 1.82) is 0 Å². The normalized spacial score (nSPS) is 14.6. The summed E-state index contributed by atoms with van der Waals surface area (Å²) in [6.07, 6.45) is 0. The standard InChI is InChI=1S/C10H7N3O5S/c1-6-9(19(17)18)10(14)12(11-6)7-2-4-8(5-3-7)13(15)16/h2-5H,1H3. The monoisotopic (exact) mass is 281 g/mol. The van der Waals surface area contributed by atoms with Crippen molar-refractivity contribution in [2.24, 2.45) is 5.10 Å². The number of nitro benzene ring substituents is 1. The van der Waals surface area contributed by atoms with Crippen LogP contribution in [0, 0.1) is 10.1 Å². The van der Waals surface area contributed by atoms with Gasteiger partial charge in [0.25, 0.3) is 11.6 Å². The topological polar surface area (TPSA) is 110 Å². The van der Waals surface area contributed by atoms with Crippen LogP contribution in [0.3, 0.4) is 0 Å². The zero-order valence-corrected chi connectivity index (χ0v) is 10.4. The summed E-state index contributed by atoms with van der Waals surface area (Å²) in [6, 6.07) is 5.06. The molecule has 0 bridgehead atoms. The van der Waals surface area contributed by atoms with E-state index in [1.807, 2.05) is 0 Å². The van der Waals surface area contributed by atoms with Gasteiger partial charge in [-0.15, -0.1) is 0 Å². The first-order valence-corrected chi connectivity index (χ1v) is 6.10. The number of benzene rings is 1. The number of carbonyl (C=O) groups excluding carboxylic acids is 1. The highest BCUT2D eigenvalue weighted by Gasteiger charge is 2.31. The van der Waals surface area contributed by atoms with Gasteiger partial charge in [0.2, 0.25) is 10.3 Å². The van der Waals surface area contributed by atoms with Gasteiger partial charge in [0.15, 0.2) is 4.86 Å². The van der Waals surface area contributed by atoms with Crippen LogP contribution < -0.4 is 5.01 Å². The Labute approximate surface area is 108 Å². The molecule has 0 aromatic heterocycles. The van der Waals surface area contributed by atoms with Gasteiger partial charge in [-0.25, -0.2) is 0 Å². The Kier molecular flexibility index (Phi) is 3.13. The third-order valence-corrected chi connectivity index (χ3v) is 3.24. The number of amides is 1. The number of hydrogen-bond donors (Lipinski definition) is 0. The molecule has 0 saturated heterocycles. The molecular formula is C10H7N3O5S. The van der Waals surface area contributed by atoms with Gasteiger partial charge in [-0.3, -0.25) is 14.9 Å². The molecule has 98 valence electrons. The molecule has 9 heteroatoms. The van der Waals surface area contributed by atoms with Gasteiger partial charge in [-0.1, -0.05) is 0 Å². The van der Waals surface area contributed by atoms with E-state index in [0.29, 0.717) is 0 Å². The average Bonchev–Trinajstić information content (AvgIpc) is 2.65. The molecule has 0 N–H and O–H groups in total. The largest absolute Gasteiger partial charge is 0.296 e. The van der Waals surface area contributed by atoms with Crippen LogP contribution >= 0.6 is 0 Å². The fraction of sp³-hybridized carbons (Fsp3) is 0.100. The Hall–Kier alpha value is -2.55. The molecule has 2 rings (SSSR count). The molecule has 0 fully saturated rings. The van der Waals surface area contributed by atoms with E-state index in [4.69, 9.17) is 0 Å². The van der Waals surface area contributed by atoms with Gasteiger partial charge in [0, 0.05) is 12.1 Å². The van der Waals surface area contributed by atoms with Crippen molar-refractivity contribution in [2.45, 2.75) is 6.92 Å². The van der Waals surface area contributed by atoms with Crippen LogP contribution in [0.5, 0.6) is 0 Å². The van der Waals surface area contributed by atoms with E-state index in [0.717, 1.165) is 5.01 Å². The summed E-state index contributed by atoms with van der Waals surface area (Å²) < 4.78 is 21.8. The SMILES string of the molecule is CC1=NN(c2ccc([N+](=O)[O-])cc2)C(=O)C1=S(=O)=O. The van der Waals surface area contributed by atoms with Crippen LogP contribution in [0.1, 0.15) is 6.92 Å². The summed E-state index contributed by atoms with van der Waals surface area (Å²) in [6.45, 7) is 1.40. The lowest BCUT2D eigenvalue weighted by Gasteiger charge is -2.10. The highest BCUT2D eigenvalue weighted by Crippen LogP contribution is 2.22. The maximum Gasteiger partial charge on any atom is 0.296 e. The summed E-state index contributed by atoms with van der Waals surface area (Å²) in [5, 5.41) is 15.2. The number of carbonyl (C=O) groups is 1. The molecule has 1 amide bonds. The van der Waals surface area contributed by atoms with Crippen LogP contribution in [-0.2, 0) is 15.1 Å². The van der Waals surface area contributed by atoms with E-state index in [-0.39, 0.29) is 17.1 Å². The minimum atomic E-state index is -2.67.